The maximum Gasteiger partial charge on any atom is 0.302 e. The lowest BCUT2D eigenvalue weighted by Crippen LogP contribution is -1.95. The molecule has 0 atom stereocenters. The zero-order chi connectivity index (χ0) is 7.70. The van der Waals surface area contributed by atoms with Crippen molar-refractivity contribution in [1.29, 1.82) is 0 Å². The van der Waals surface area contributed by atoms with E-state index in [0.29, 0.717) is 6.61 Å². The van der Waals surface area contributed by atoms with Gasteiger partial charge < -0.3 is 10.5 Å². The minimum absolute atomic E-state index is 0.211. The van der Waals surface area contributed by atoms with E-state index in [4.69, 9.17) is 5.73 Å². The molecule has 0 aliphatic heterocycles. The Morgan fingerprint density at radius 3 is 1.89 bits per heavy atom. The third kappa shape index (κ3) is 37.1. The molecule has 0 fully saturated rings. The summed E-state index contributed by atoms with van der Waals surface area (Å²) in [6.07, 6.45) is 0. The number of rotatable bonds is 1. The van der Waals surface area contributed by atoms with E-state index in [2.05, 4.69) is 4.74 Å². The number of nitrogens with two attached hydrogens (primary N) is 1. The first kappa shape index (κ1) is 11.3. The van der Waals surface area contributed by atoms with Crippen LogP contribution in [-0.2, 0) is 9.53 Å². The zero-order valence-electron chi connectivity index (χ0n) is 6.31. The van der Waals surface area contributed by atoms with E-state index in [1.54, 1.807) is 6.92 Å². The van der Waals surface area contributed by atoms with Crippen LogP contribution in [0.25, 0.3) is 0 Å². The molecule has 0 aliphatic carbocycles. The Hall–Kier alpha value is -0.570. The highest BCUT2D eigenvalue weighted by Gasteiger charge is 1.81. The fourth-order valence-corrected chi connectivity index (χ4v) is 0.203. The molecule has 0 radical (unpaired) electrons. The minimum atomic E-state index is -0.211. The van der Waals surface area contributed by atoms with E-state index in [0.717, 1.165) is 6.54 Å². The van der Waals surface area contributed by atoms with Crippen LogP contribution < -0.4 is 5.73 Å². The van der Waals surface area contributed by atoms with Crippen LogP contribution in [0, 0.1) is 0 Å². The van der Waals surface area contributed by atoms with Crippen LogP contribution in [0.1, 0.15) is 20.8 Å². The van der Waals surface area contributed by atoms with Crippen LogP contribution in [0.4, 0.5) is 0 Å². The van der Waals surface area contributed by atoms with Crippen molar-refractivity contribution in [3.05, 3.63) is 0 Å². The second kappa shape index (κ2) is 10.4. The average molecular weight is 133 g/mol. The van der Waals surface area contributed by atoms with Gasteiger partial charge in [0.25, 0.3) is 0 Å². The number of ether oxygens (including phenoxy) is 1. The van der Waals surface area contributed by atoms with Gasteiger partial charge in [0.05, 0.1) is 6.61 Å². The summed E-state index contributed by atoms with van der Waals surface area (Å²) in [5, 5.41) is 0. The fraction of sp³-hybridized carbons (Fsp3) is 0.833. The molecule has 56 valence electrons. The van der Waals surface area contributed by atoms with Gasteiger partial charge in [0.15, 0.2) is 0 Å². The number of carbonyl (C=O) groups excluding carboxylic acids is 1. The molecule has 0 aromatic rings. The predicted octanol–water partition coefficient (Wildman–Crippen LogP) is 0.534. The third-order valence-corrected chi connectivity index (χ3v) is 0.348. The highest BCUT2D eigenvalue weighted by Crippen LogP contribution is 1.69. The lowest BCUT2D eigenvalue weighted by Gasteiger charge is -1.89. The van der Waals surface area contributed by atoms with Gasteiger partial charge >= 0.3 is 5.97 Å². The molecule has 2 N–H and O–H groups in total. The Labute approximate surface area is 56.2 Å². The molecule has 0 heterocycles. The maximum atomic E-state index is 9.82. The van der Waals surface area contributed by atoms with Crippen LogP contribution in [0.15, 0.2) is 0 Å². The molecule has 0 spiro atoms. The molecular formula is C6H15NO2. The Kier molecular flexibility index (Phi) is 13.0. The maximum absolute atomic E-state index is 9.82. The Balaban J connectivity index is 0. The largest absolute Gasteiger partial charge is 0.466 e. The van der Waals surface area contributed by atoms with E-state index in [1.165, 1.54) is 6.92 Å². The van der Waals surface area contributed by atoms with E-state index in [9.17, 15) is 4.79 Å². The second-order valence-electron chi connectivity index (χ2n) is 1.33. The lowest BCUT2D eigenvalue weighted by atomic mass is 10.8. The molecule has 0 bridgehead atoms. The molecule has 0 aromatic heterocycles. The van der Waals surface area contributed by atoms with Gasteiger partial charge in [-0.15, -0.1) is 0 Å². The van der Waals surface area contributed by atoms with Gasteiger partial charge in [0.1, 0.15) is 0 Å². The van der Waals surface area contributed by atoms with Gasteiger partial charge in [-0.1, -0.05) is 6.92 Å². The molecule has 0 aromatic carbocycles. The zero-order valence-corrected chi connectivity index (χ0v) is 6.31. The summed E-state index contributed by atoms with van der Waals surface area (Å²) in [5.41, 5.74) is 4.85. The lowest BCUT2D eigenvalue weighted by molar-refractivity contribution is -0.140. The summed E-state index contributed by atoms with van der Waals surface area (Å²) in [6.45, 7) is 6.31. The molecule has 3 nitrogen and oxygen atoms in total. The molecule has 0 aliphatic rings. The summed E-state index contributed by atoms with van der Waals surface area (Å²) in [4.78, 5) is 9.82. The SMILES string of the molecule is CCN.CCOC(C)=O. The van der Waals surface area contributed by atoms with Crippen molar-refractivity contribution in [2.45, 2.75) is 20.8 Å². The van der Waals surface area contributed by atoms with Gasteiger partial charge in [-0.05, 0) is 13.5 Å². The van der Waals surface area contributed by atoms with E-state index in [-0.39, 0.29) is 5.97 Å². The normalized spacial score (nSPS) is 7.11. The van der Waals surface area contributed by atoms with Crippen molar-refractivity contribution in [3.8, 4) is 0 Å². The monoisotopic (exact) mass is 133 g/mol. The fourth-order valence-electron chi connectivity index (χ4n) is 0.203. The van der Waals surface area contributed by atoms with Crippen molar-refractivity contribution in [1.82, 2.24) is 0 Å². The molecular weight excluding hydrogens is 118 g/mol. The van der Waals surface area contributed by atoms with Crippen LogP contribution in [0.2, 0.25) is 0 Å². The summed E-state index contributed by atoms with van der Waals surface area (Å²) in [6, 6.07) is 0. The van der Waals surface area contributed by atoms with Crippen molar-refractivity contribution in [2.75, 3.05) is 13.2 Å². The van der Waals surface area contributed by atoms with E-state index in [1.807, 2.05) is 6.92 Å². The number of esters is 1. The number of hydrogen-bond acceptors (Lipinski definition) is 3. The predicted molar refractivity (Wildman–Crippen MR) is 37.0 cm³/mol. The molecule has 0 saturated heterocycles. The smallest absolute Gasteiger partial charge is 0.302 e. The van der Waals surface area contributed by atoms with Crippen molar-refractivity contribution in [3.63, 3.8) is 0 Å². The molecule has 0 amide bonds. The second-order valence-corrected chi connectivity index (χ2v) is 1.33. The highest BCUT2D eigenvalue weighted by atomic mass is 16.5. The Bertz CT molecular complexity index is 64.1. The Morgan fingerprint density at radius 1 is 1.56 bits per heavy atom. The quantitative estimate of drug-likeness (QED) is 0.531. The third-order valence-electron chi connectivity index (χ3n) is 0.348. The minimum Gasteiger partial charge on any atom is -0.466 e. The standard InChI is InChI=1S/C4H8O2.C2H7N/c1-3-6-4(2)5;1-2-3/h3H2,1-2H3;2-3H2,1H3. The van der Waals surface area contributed by atoms with E-state index < -0.39 is 0 Å². The average Bonchev–Trinajstić information content (AvgIpc) is 1.67. The van der Waals surface area contributed by atoms with Crippen LogP contribution in [0.3, 0.4) is 0 Å². The topological polar surface area (TPSA) is 52.3 Å². The van der Waals surface area contributed by atoms with Crippen molar-refractivity contribution < 1.29 is 9.53 Å². The van der Waals surface area contributed by atoms with Gasteiger partial charge in [-0.3, -0.25) is 4.79 Å². The molecule has 0 saturated carbocycles. The van der Waals surface area contributed by atoms with Crippen LogP contribution in [-0.4, -0.2) is 19.1 Å². The first-order valence-corrected chi connectivity index (χ1v) is 3.02. The van der Waals surface area contributed by atoms with Crippen molar-refractivity contribution >= 4 is 5.97 Å². The molecule has 3 heteroatoms. The molecule has 0 rings (SSSR count). The number of carbonyl (C=O) groups is 1. The molecule has 0 unspecified atom stereocenters. The van der Waals surface area contributed by atoms with Gasteiger partial charge in [-0.25, -0.2) is 0 Å². The van der Waals surface area contributed by atoms with Crippen LogP contribution in [0.5, 0.6) is 0 Å². The summed E-state index contributed by atoms with van der Waals surface area (Å²) < 4.78 is 4.40. The van der Waals surface area contributed by atoms with Crippen molar-refractivity contribution in [2.24, 2.45) is 5.73 Å². The Morgan fingerprint density at radius 2 is 1.89 bits per heavy atom. The first-order valence-electron chi connectivity index (χ1n) is 3.02. The summed E-state index contributed by atoms with van der Waals surface area (Å²) in [5.74, 6) is -0.211. The van der Waals surface area contributed by atoms with Gasteiger partial charge in [0, 0.05) is 6.92 Å². The van der Waals surface area contributed by atoms with Gasteiger partial charge in [0.2, 0.25) is 0 Å². The summed E-state index contributed by atoms with van der Waals surface area (Å²) in [7, 11) is 0. The highest BCUT2D eigenvalue weighted by molar-refractivity contribution is 5.65. The van der Waals surface area contributed by atoms with E-state index >= 15 is 0 Å². The number of hydrogen-bond donors (Lipinski definition) is 1. The first-order chi connectivity index (χ1) is 4.18. The van der Waals surface area contributed by atoms with Gasteiger partial charge in [-0.2, -0.15) is 0 Å². The molecule has 9 heavy (non-hydrogen) atoms. The van der Waals surface area contributed by atoms with Crippen LogP contribution >= 0.6 is 0 Å². The summed E-state index contributed by atoms with van der Waals surface area (Å²) >= 11 is 0.